The molecule has 17 heavy (non-hydrogen) atoms. The van der Waals surface area contributed by atoms with Gasteiger partial charge in [-0.2, -0.15) is 0 Å². The third kappa shape index (κ3) is 2.79. The van der Waals surface area contributed by atoms with E-state index in [1.54, 1.807) is 0 Å². The molecule has 0 fully saturated rings. The lowest BCUT2D eigenvalue weighted by molar-refractivity contribution is 0.750. The second-order valence-electron chi connectivity index (χ2n) is 5.62. The molecule has 0 saturated carbocycles. The number of benzene rings is 2. The molecule has 2 aromatic carbocycles. The molecule has 86 valence electrons. The first-order valence-electron chi connectivity index (χ1n) is 6.19. The molecule has 0 nitrogen and oxygen atoms in total. The van der Waals surface area contributed by atoms with Crippen molar-refractivity contribution in [1.82, 2.24) is 0 Å². The standard InChI is InChI=1S/C16H19B/c1-16(2,3)17(14-10-6-4-7-11-14)15-12-8-5-9-13-15/h4-13H,1-3H3. The summed E-state index contributed by atoms with van der Waals surface area (Å²) in [5.41, 5.74) is 2.79. The van der Waals surface area contributed by atoms with E-state index in [2.05, 4.69) is 81.4 Å². The van der Waals surface area contributed by atoms with Gasteiger partial charge in [-0.15, -0.1) is 0 Å². The first kappa shape index (κ1) is 12.0. The minimum atomic E-state index is 0.225. The molecule has 0 unspecified atom stereocenters. The molecule has 0 atom stereocenters. The van der Waals surface area contributed by atoms with Crippen LogP contribution in [0.1, 0.15) is 20.8 Å². The summed E-state index contributed by atoms with van der Waals surface area (Å²) in [6.07, 6.45) is 0. The van der Waals surface area contributed by atoms with E-state index in [-0.39, 0.29) is 5.31 Å². The van der Waals surface area contributed by atoms with Crippen LogP contribution in [0.5, 0.6) is 0 Å². The van der Waals surface area contributed by atoms with Crippen molar-refractivity contribution >= 4 is 17.6 Å². The third-order valence-electron chi connectivity index (χ3n) is 3.13. The van der Waals surface area contributed by atoms with Crippen LogP contribution in [-0.2, 0) is 0 Å². The summed E-state index contributed by atoms with van der Waals surface area (Å²) in [4.78, 5) is 0. The van der Waals surface area contributed by atoms with Crippen LogP contribution in [0.3, 0.4) is 0 Å². The second-order valence-corrected chi connectivity index (χ2v) is 5.62. The lowest BCUT2D eigenvalue weighted by atomic mass is 9.28. The van der Waals surface area contributed by atoms with E-state index in [1.807, 2.05) is 0 Å². The molecule has 1 heteroatoms. The van der Waals surface area contributed by atoms with Gasteiger partial charge < -0.3 is 0 Å². The molecule has 0 aromatic heterocycles. The fourth-order valence-electron chi connectivity index (χ4n) is 2.48. The molecule has 0 bridgehead atoms. The van der Waals surface area contributed by atoms with E-state index in [4.69, 9.17) is 0 Å². The van der Waals surface area contributed by atoms with Crippen LogP contribution in [0.25, 0.3) is 0 Å². The van der Waals surface area contributed by atoms with Crippen LogP contribution in [0, 0.1) is 0 Å². The molecular formula is C16H19B. The number of hydrogen-bond acceptors (Lipinski definition) is 0. The van der Waals surface area contributed by atoms with Gasteiger partial charge in [0.1, 0.15) is 0 Å². The summed E-state index contributed by atoms with van der Waals surface area (Å²) in [5.74, 6) is 0. The van der Waals surface area contributed by atoms with Crippen LogP contribution < -0.4 is 10.9 Å². The highest BCUT2D eigenvalue weighted by atomic mass is 14.1. The van der Waals surface area contributed by atoms with Crippen LogP contribution in [0.4, 0.5) is 0 Å². The minimum Gasteiger partial charge on any atom is -0.0736 e. The summed E-state index contributed by atoms with van der Waals surface area (Å²) in [6.45, 7) is 7.36. The van der Waals surface area contributed by atoms with Crippen molar-refractivity contribution in [3.63, 3.8) is 0 Å². The summed E-state index contributed by atoms with van der Waals surface area (Å²) in [6, 6.07) is 21.5. The molecule has 0 radical (unpaired) electrons. The van der Waals surface area contributed by atoms with Crippen LogP contribution in [-0.4, -0.2) is 6.71 Å². The normalized spacial score (nSPS) is 11.2. The predicted octanol–water partition coefficient (Wildman–Crippen LogP) is 3.10. The Labute approximate surface area is 105 Å². The van der Waals surface area contributed by atoms with Gasteiger partial charge in [0.05, 0.1) is 0 Å². The molecule has 2 aromatic rings. The summed E-state index contributed by atoms with van der Waals surface area (Å²) in [7, 11) is 0. The molecule has 0 spiro atoms. The molecule has 0 heterocycles. The average molecular weight is 222 g/mol. The SMILES string of the molecule is CC(C)(C)B(c1ccccc1)c1ccccc1. The summed E-state index contributed by atoms with van der Waals surface area (Å²) < 4.78 is 0. The van der Waals surface area contributed by atoms with Crippen molar-refractivity contribution in [2.45, 2.75) is 26.1 Å². The fraction of sp³-hybridized carbons (Fsp3) is 0.250. The van der Waals surface area contributed by atoms with Gasteiger partial charge in [-0.05, 0) is 0 Å². The van der Waals surface area contributed by atoms with E-state index < -0.39 is 0 Å². The van der Waals surface area contributed by atoms with E-state index in [1.165, 1.54) is 10.9 Å². The Balaban J connectivity index is 2.48. The molecule has 0 aliphatic heterocycles. The average Bonchev–Trinajstić information content (AvgIpc) is 2.30. The second kappa shape index (κ2) is 4.79. The van der Waals surface area contributed by atoms with Gasteiger partial charge in [0.25, 0.3) is 0 Å². The highest BCUT2D eigenvalue weighted by molar-refractivity contribution is 6.87. The molecule has 0 aliphatic rings. The fourth-order valence-corrected chi connectivity index (χ4v) is 2.48. The van der Waals surface area contributed by atoms with E-state index in [0.29, 0.717) is 6.71 Å². The maximum absolute atomic E-state index is 2.30. The summed E-state index contributed by atoms with van der Waals surface area (Å²) in [5, 5.41) is 0.225. The summed E-state index contributed by atoms with van der Waals surface area (Å²) >= 11 is 0. The zero-order chi connectivity index (χ0) is 12.3. The molecule has 0 N–H and O–H groups in total. The Hall–Kier alpha value is -1.50. The van der Waals surface area contributed by atoms with Crippen molar-refractivity contribution in [1.29, 1.82) is 0 Å². The van der Waals surface area contributed by atoms with Crippen LogP contribution >= 0.6 is 0 Å². The van der Waals surface area contributed by atoms with E-state index in [0.717, 1.165) is 0 Å². The number of rotatable bonds is 2. The highest BCUT2D eigenvalue weighted by Gasteiger charge is 2.31. The molecule has 0 saturated heterocycles. The number of hydrogen-bond donors (Lipinski definition) is 0. The Bertz CT molecular complexity index is 414. The van der Waals surface area contributed by atoms with Gasteiger partial charge in [-0.25, -0.2) is 0 Å². The maximum atomic E-state index is 2.30. The zero-order valence-electron chi connectivity index (χ0n) is 10.9. The Morgan fingerprint density at radius 1 is 0.647 bits per heavy atom. The molecule has 0 aliphatic carbocycles. The Kier molecular flexibility index (Phi) is 3.37. The van der Waals surface area contributed by atoms with Crippen molar-refractivity contribution in [3.8, 4) is 0 Å². The third-order valence-corrected chi connectivity index (χ3v) is 3.13. The topological polar surface area (TPSA) is 0 Å². The quantitative estimate of drug-likeness (QED) is 0.685. The molecular weight excluding hydrogens is 203 g/mol. The van der Waals surface area contributed by atoms with Gasteiger partial charge >= 0.3 is 0 Å². The lowest BCUT2D eigenvalue weighted by Crippen LogP contribution is -2.48. The van der Waals surface area contributed by atoms with E-state index >= 15 is 0 Å². The van der Waals surface area contributed by atoms with Gasteiger partial charge in [-0.3, -0.25) is 0 Å². The van der Waals surface area contributed by atoms with Gasteiger partial charge in [0.2, 0.25) is 6.71 Å². The van der Waals surface area contributed by atoms with Gasteiger partial charge in [0, 0.05) is 0 Å². The first-order valence-corrected chi connectivity index (χ1v) is 6.19. The monoisotopic (exact) mass is 222 g/mol. The smallest absolute Gasteiger partial charge is 0.0736 e. The Morgan fingerprint density at radius 2 is 1.00 bits per heavy atom. The molecule has 2 rings (SSSR count). The lowest BCUT2D eigenvalue weighted by Gasteiger charge is -2.28. The van der Waals surface area contributed by atoms with Gasteiger partial charge in [-0.1, -0.05) is 97.7 Å². The van der Waals surface area contributed by atoms with Crippen molar-refractivity contribution < 1.29 is 0 Å². The van der Waals surface area contributed by atoms with Crippen LogP contribution in [0.2, 0.25) is 5.31 Å². The van der Waals surface area contributed by atoms with Crippen LogP contribution in [0.15, 0.2) is 60.7 Å². The Morgan fingerprint density at radius 3 is 1.29 bits per heavy atom. The van der Waals surface area contributed by atoms with Crippen molar-refractivity contribution in [2.75, 3.05) is 0 Å². The first-order chi connectivity index (χ1) is 8.09. The largest absolute Gasteiger partial charge is 0.214 e. The molecule has 0 amide bonds. The van der Waals surface area contributed by atoms with Gasteiger partial charge in [0.15, 0.2) is 0 Å². The van der Waals surface area contributed by atoms with Crippen molar-refractivity contribution in [2.24, 2.45) is 0 Å². The van der Waals surface area contributed by atoms with E-state index in [9.17, 15) is 0 Å². The predicted molar refractivity (Wildman–Crippen MR) is 77.6 cm³/mol. The zero-order valence-corrected chi connectivity index (χ0v) is 10.9. The van der Waals surface area contributed by atoms with Crippen molar-refractivity contribution in [3.05, 3.63) is 60.7 Å². The minimum absolute atomic E-state index is 0.225. The highest BCUT2D eigenvalue weighted by Crippen LogP contribution is 2.26. The maximum Gasteiger partial charge on any atom is 0.214 e.